The van der Waals surface area contributed by atoms with E-state index in [1.54, 1.807) is 6.92 Å². The molecule has 0 amide bonds. The molecule has 0 spiro atoms. The highest BCUT2D eigenvalue weighted by Crippen LogP contribution is 2.18. The molecule has 1 rings (SSSR count). The van der Waals surface area contributed by atoms with Crippen molar-refractivity contribution in [2.24, 2.45) is 0 Å². The molecule has 1 aliphatic heterocycles. The SMILES string of the molecule is CCS(=O)(=O)N1CCC(=CC#N)C1. The Hall–Kier alpha value is -0.860. The summed E-state index contributed by atoms with van der Waals surface area (Å²) in [6, 6.07) is 1.92. The van der Waals surface area contributed by atoms with Gasteiger partial charge in [0.1, 0.15) is 0 Å². The number of rotatable bonds is 2. The fraction of sp³-hybridized carbons (Fsp3) is 0.625. The number of allylic oxidation sites excluding steroid dienone is 1. The first kappa shape index (κ1) is 10.2. The molecule has 0 radical (unpaired) electrons. The van der Waals surface area contributed by atoms with Crippen molar-refractivity contribution in [2.45, 2.75) is 13.3 Å². The second-order valence-electron chi connectivity index (χ2n) is 2.92. The molecule has 1 saturated heterocycles. The molecule has 1 aliphatic rings. The van der Waals surface area contributed by atoms with Crippen molar-refractivity contribution in [2.75, 3.05) is 18.8 Å². The third-order valence-electron chi connectivity index (χ3n) is 2.09. The second-order valence-corrected chi connectivity index (χ2v) is 5.17. The number of nitrogens with zero attached hydrogens (tertiary/aromatic N) is 2. The number of nitriles is 1. The van der Waals surface area contributed by atoms with Gasteiger partial charge in [-0.1, -0.05) is 0 Å². The Bertz CT molecular complexity index is 351. The zero-order valence-corrected chi connectivity index (χ0v) is 8.34. The Kier molecular flexibility index (Phi) is 3.07. The van der Waals surface area contributed by atoms with Crippen molar-refractivity contribution in [1.29, 1.82) is 5.26 Å². The molecular formula is C8H12N2O2S. The minimum atomic E-state index is -3.07. The van der Waals surface area contributed by atoms with Gasteiger partial charge in [-0.15, -0.1) is 0 Å². The summed E-state index contributed by atoms with van der Waals surface area (Å²) < 4.78 is 24.2. The van der Waals surface area contributed by atoms with Crippen LogP contribution < -0.4 is 0 Å². The van der Waals surface area contributed by atoms with Gasteiger partial charge in [0.15, 0.2) is 0 Å². The largest absolute Gasteiger partial charge is 0.214 e. The molecule has 0 aromatic carbocycles. The second kappa shape index (κ2) is 3.90. The van der Waals surface area contributed by atoms with Crippen LogP contribution in [0.4, 0.5) is 0 Å². The minimum absolute atomic E-state index is 0.132. The predicted molar refractivity (Wildman–Crippen MR) is 49.3 cm³/mol. The molecule has 0 atom stereocenters. The maximum atomic E-state index is 11.4. The third-order valence-corrected chi connectivity index (χ3v) is 3.92. The van der Waals surface area contributed by atoms with Crippen LogP contribution in [0.25, 0.3) is 0 Å². The monoisotopic (exact) mass is 200 g/mol. The average Bonchev–Trinajstić information content (AvgIpc) is 2.54. The standard InChI is InChI=1S/C8H12N2O2S/c1-2-13(11,12)10-6-4-8(7-10)3-5-9/h3H,2,4,6-7H2,1H3. The fourth-order valence-corrected chi connectivity index (χ4v) is 2.38. The number of sulfonamides is 1. The zero-order valence-electron chi connectivity index (χ0n) is 7.52. The van der Waals surface area contributed by atoms with E-state index in [2.05, 4.69) is 0 Å². The van der Waals surface area contributed by atoms with Gasteiger partial charge in [0, 0.05) is 19.2 Å². The van der Waals surface area contributed by atoms with E-state index in [1.807, 2.05) is 6.07 Å². The summed E-state index contributed by atoms with van der Waals surface area (Å²) in [5.74, 6) is 0.132. The van der Waals surface area contributed by atoms with Crippen LogP contribution in [0.2, 0.25) is 0 Å². The first-order valence-electron chi connectivity index (χ1n) is 4.15. The van der Waals surface area contributed by atoms with Crippen molar-refractivity contribution in [3.05, 3.63) is 11.6 Å². The van der Waals surface area contributed by atoms with Crippen LogP contribution in [-0.2, 0) is 10.0 Å². The summed E-state index contributed by atoms with van der Waals surface area (Å²) in [4.78, 5) is 0. The molecule has 0 aromatic heterocycles. The predicted octanol–water partition coefficient (Wildman–Crippen LogP) is 0.492. The smallest absolute Gasteiger partial charge is 0.212 e. The third kappa shape index (κ3) is 2.29. The molecule has 0 saturated carbocycles. The van der Waals surface area contributed by atoms with Gasteiger partial charge in [-0.3, -0.25) is 0 Å². The first-order chi connectivity index (χ1) is 6.10. The summed E-state index contributed by atoms with van der Waals surface area (Å²) in [6.07, 6.45) is 2.12. The van der Waals surface area contributed by atoms with Gasteiger partial charge in [0.05, 0.1) is 11.8 Å². The maximum Gasteiger partial charge on any atom is 0.214 e. The number of hydrogen-bond donors (Lipinski definition) is 0. The maximum absolute atomic E-state index is 11.4. The Morgan fingerprint density at radius 3 is 2.92 bits per heavy atom. The summed E-state index contributed by atoms with van der Waals surface area (Å²) in [7, 11) is -3.07. The molecule has 13 heavy (non-hydrogen) atoms. The molecule has 0 aliphatic carbocycles. The Balaban J connectivity index is 2.72. The topological polar surface area (TPSA) is 61.2 Å². The quantitative estimate of drug-likeness (QED) is 0.609. The lowest BCUT2D eigenvalue weighted by molar-refractivity contribution is 0.483. The van der Waals surface area contributed by atoms with E-state index in [1.165, 1.54) is 10.4 Å². The van der Waals surface area contributed by atoms with Crippen LogP contribution in [0, 0.1) is 11.3 Å². The van der Waals surface area contributed by atoms with E-state index >= 15 is 0 Å². The molecule has 0 bridgehead atoms. The lowest BCUT2D eigenvalue weighted by Gasteiger charge is -2.12. The van der Waals surface area contributed by atoms with Crippen molar-refractivity contribution in [3.8, 4) is 6.07 Å². The minimum Gasteiger partial charge on any atom is -0.212 e. The highest BCUT2D eigenvalue weighted by atomic mass is 32.2. The Morgan fingerprint density at radius 2 is 2.38 bits per heavy atom. The van der Waals surface area contributed by atoms with Gasteiger partial charge in [-0.2, -0.15) is 9.57 Å². The van der Waals surface area contributed by atoms with Gasteiger partial charge in [-0.05, 0) is 18.9 Å². The molecule has 0 N–H and O–H groups in total. The van der Waals surface area contributed by atoms with Gasteiger partial charge in [-0.25, -0.2) is 8.42 Å². The van der Waals surface area contributed by atoms with Crippen LogP contribution in [0.5, 0.6) is 0 Å². The van der Waals surface area contributed by atoms with E-state index in [-0.39, 0.29) is 5.75 Å². The molecule has 1 heterocycles. The van der Waals surface area contributed by atoms with Crippen molar-refractivity contribution in [1.82, 2.24) is 4.31 Å². The van der Waals surface area contributed by atoms with Crippen LogP contribution >= 0.6 is 0 Å². The van der Waals surface area contributed by atoms with Crippen LogP contribution in [0.1, 0.15) is 13.3 Å². The van der Waals surface area contributed by atoms with Gasteiger partial charge >= 0.3 is 0 Å². The summed E-state index contributed by atoms with van der Waals surface area (Å²) in [6.45, 7) is 2.54. The van der Waals surface area contributed by atoms with Gasteiger partial charge in [0.2, 0.25) is 10.0 Å². The van der Waals surface area contributed by atoms with Gasteiger partial charge in [0.25, 0.3) is 0 Å². The molecule has 4 nitrogen and oxygen atoms in total. The molecule has 5 heteroatoms. The van der Waals surface area contributed by atoms with E-state index in [9.17, 15) is 8.42 Å². The zero-order chi connectivity index (χ0) is 9.90. The van der Waals surface area contributed by atoms with E-state index in [4.69, 9.17) is 5.26 Å². The van der Waals surface area contributed by atoms with Crippen molar-refractivity contribution in [3.63, 3.8) is 0 Å². The molecule has 72 valence electrons. The lowest BCUT2D eigenvalue weighted by atomic mass is 10.2. The van der Waals surface area contributed by atoms with Crippen molar-refractivity contribution < 1.29 is 8.42 Å². The highest BCUT2D eigenvalue weighted by molar-refractivity contribution is 7.89. The van der Waals surface area contributed by atoms with Crippen LogP contribution in [0.15, 0.2) is 11.6 Å². The normalized spacial score (nSPS) is 22.0. The first-order valence-corrected chi connectivity index (χ1v) is 5.76. The molecule has 0 unspecified atom stereocenters. The van der Waals surface area contributed by atoms with Crippen LogP contribution in [0.3, 0.4) is 0 Å². The summed E-state index contributed by atoms with van der Waals surface area (Å²) >= 11 is 0. The fourth-order valence-electron chi connectivity index (χ4n) is 1.28. The Morgan fingerprint density at radius 1 is 1.69 bits per heavy atom. The van der Waals surface area contributed by atoms with Gasteiger partial charge < -0.3 is 0 Å². The molecular weight excluding hydrogens is 188 g/mol. The van der Waals surface area contributed by atoms with Crippen molar-refractivity contribution >= 4 is 10.0 Å². The molecule has 1 fully saturated rings. The van der Waals surface area contributed by atoms with E-state index < -0.39 is 10.0 Å². The Labute approximate surface area is 78.5 Å². The lowest BCUT2D eigenvalue weighted by Crippen LogP contribution is -2.29. The average molecular weight is 200 g/mol. The highest BCUT2D eigenvalue weighted by Gasteiger charge is 2.25. The summed E-state index contributed by atoms with van der Waals surface area (Å²) in [5.41, 5.74) is 0.902. The van der Waals surface area contributed by atoms with E-state index in [0.29, 0.717) is 19.5 Å². The molecule has 0 aromatic rings. The van der Waals surface area contributed by atoms with Crippen LogP contribution in [-0.4, -0.2) is 31.6 Å². The number of hydrogen-bond acceptors (Lipinski definition) is 3. The van der Waals surface area contributed by atoms with E-state index in [0.717, 1.165) is 5.57 Å². The summed E-state index contributed by atoms with van der Waals surface area (Å²) in [5, 5.41) is 8.38.